The molecule has 1 amide bonds. The molecule has 0 bridgehead atoms. The van der Waals surface area contributed by atoms with Crippen molar-refractivity contribution in [2.24, 2.45) is 0 Å². The fourth-order valence-corrected chi connectivity index (χ4v) is 4.27. The molecule has 0 radical (unpaired) electrons. The number of likely N-dealkylation sites (tertiary alicyclic amines) is 1. The Bertz CT molecular complexity index is 1020. The van der Waals surface area contributed by atoms with Crippen molar-refractivity contribution in [2.75, 3.05) is 13.1 Å². The van der Waals surface area contributed by atoms with Crippen molar-refractivity contribution in [1.29, 1.82) is 5.26 Å². The Morgan fingerprint density at radius 3 is 2.79 bits per heavy atom. The smallest absolute Gasteiger partial charge is 0.222 e. The number of aryl methyl sites for hydroxylation is 1. The Morgan fingerprint density at radius 2 is 2.11 bits per heavy atom. The Morgan fingerprint density at radius 1 is 1.36 bits per heavy atom. The van der Waals surface area contributed by atoms with Crippen LogP contribution >= 0.6 is 11.3 Å². The average molecular weight is 397 g/mol. The first-order valence-electron chi connectivity index (χ1n) is 9.48. The number of rotatable bonds is 4. The number of carbonyl (C=O) groups excluding carboxylic acids is 1. The average Bonchev–Trinajstić information content (AvgIpc) is 3.34. The van der Waals surface area contributed by atoms with Crippen LogP contribution in [0.5, 0.6) is 0 Å². The van der Waals surface area contributed by atoms with Gasteiger partial charge in [0.25, 0.3) is 0 Å². The van der Waals surface area contributed by atoms with Gasteiger partial charge in [0.15, 0.2) is 0 Å². The highest BCUT2D eigenvalue weighted by Gasteiger charge is 2.47. The molecule has 4 heterocycles. The van der Waals surface area contributed by atoms with Crippen LogP contribution in [-0.2, 0) is 10.3 Å². The lowest BCUT2D eigenvalue weighted by Crippen LogP contribution is -2.64. The number of nitriles is 1. The fraction of sp³-hybridized carbons (Fsp3) is 0.450. The molecule has 0 saturated carbocycles. The van der Waals surface area contributed by atoms with Gasteiger partial charge in [-0.3, -0.25) is 9.48 Å². The van der Waals surface area contributed by atoms with Crippen LogP contribution in [0.2, 0.25) is 0 Å². The van der Waals surface area contributed by atoms with Gasteiger partial charge >= 0.3 is 0 Å². The molecule has 0 atom stereocenters. The summed E-state index contributed by atoms with van der Waals surface area (Å²) in [5.41, 5.74) is 2.25. The SMILES string of the molecule is CC.CCC(=O)N1CC(CC#N)(n2cc(-c3nc(C)nc4ccsc34)cn2)C1. The lowest BCUT2D eigenvalue weighted by atomic mass is 9.86. The summed E-state index contributed by atoms with van der Waals surface area (Å²) in [5.74, 6) is 0.825. The van der Waals surface area contributed by atoms with E-state index < -0.39 is 5.54 Å². The number of carbonyl (C=O) groups is 1. The number of thiophene rings is 1. The molecule has 4 rings (SSSR count). The fourth-order valence-electron chi connectivity index (χ4n) is 3.43. The highest BCUT2D eigenvalue weighted by Crippen LogP contribution is 2.35. The zero-order valence-electron chi connectivity index (χ0n) is 16.6. The maximum Gasteiger partial charge on any atom is 0.222 e. The first-order chi connectivity index (χ1) is 13.6. The minimum atomic E-state index is -0.450. The number of nitrogens with zero attached hydrogens (tertiary/aromatic N) is 6. The number of aromatic nitrogens is 4. The van der Waals surface area contributed by atoms with Crippen molar-refractivity contribution in [2.45, 2.75) is 46.1 Å². The number of fused-ring (bicyclic) bond motifs is 1. The summed E-state index contributed by atoms with van der Waals surface area (Å²) in [6, 6.07) is 4.23. The van der Waals surface area contributed by atoms with Gasteiger partial charge in [-0.15, -0.1) is 11.3 Å². The van der Waals surface area contributed by atoms with Crippen LogP contribution in [0, 0.1) is 18.3 Å². The van der Waals surface area contributed by atoms with E-state index in [-0.39, 0.29) is 5.91 Å². The lowest BCUT2D eigenvalue weighted by Gasteiger charge is -2.49. The maximum absolute atomic E-state index is 11.9. The molecule has 8 heteroatoms. The molecule has 0 spiro atoms. The number of hydrogen-bond donors (Lipinski definition) is 0. The van der Waals surface area contributed by atoms with Gasteiger partial charge in [0.1, 0.15) is 11.4 Å². The molecular weight excluding hydrogens is 372 g/mol. The van der Waals surface area contributed by atoms with Gasteiger partial charge in [0.05, 0.1) is 34.6 Å². The molecule has 1 aliphatic rings. The van der Waals surface area contributed by atoms with Crippen LogP contribution < -0.4 is 0 Å². The largest absolute Gasteiger partial charge is 0.338 e. The topological polar surface area (TPSA) is 87.7 Å². The van der Waals surface area contributed by atoms with E-state index in [9.17, 15) is 10.1 Å². The number of amides is 1. The molecule has 146 valence electrons. The zero-order chi connectivity index (χ0) is 20.3. The second kappa shape index (κ2) is 8.07. The van der Waals surface area contributed by atoms with Crippen molar-refractivity contribution >= 4 is 27.5 Å². The quantitative estimate of drug-likeness (QED) is 0.670. The second-order valence-corrected chi connectivity index (χ2v) is 7.51. The van der Waals surface area contributed by atoms with Gasteiger partial charge in [-0.2, -0.15) is 10.4 Å². The van der Waals surface area contributed by atoms with Gasteiger partial charge < -0.3 is 4.90 Å². The van der Waals surface area contributed by atoms with Crippen LogP contribution in [0.4, 0.5) is 0 Å². The van der Waals surface area contributed by atoms with E-state index in [4.69, 9.17) is 0 Å². The van der Waals surface area contributed by atoms with Gasteiger partial charge in [-0.1, -0.05) is 20.8 Å². The Kier molecular flexibility index (Phi) is 5.75. The molecule has 7 nitrogen and oxygen atoms in total. The molecule has 0 aliphatic carbocycles. The first-order valence-corrected chi connectivity index (χ1v) is 10.4. The molecule has 0 N–H and O–H groups in total. The van der Waals surface area contributed by atoms with Crippen LogP contribution in [0.1, 0.15) is 39.4 Å². The molecular formula is C20H24N6OS. The monoisotopic (exact) mass is 396 g/mol. The second-order valence-electron chi connectivity index (χ2n) is 6.59. The summed E-state index contributed by atoms with van der Waals surface area (Å²) in [6.07, 6.45) is 4.51. The molecule has 3 aromatic rings. The van der Waals surface area contributed by atoms with Crippen molar-refractivity contribution in [3.63, 3.8) is 0 Å². The predicted octanol–water partition coefficient (Wildman–Crippen LogP) is 3.75. The summed E-state index contributed by atoms with van der Waals surface area (Å²) in [6.45, 7) is 8.77. The summed E-state index contributed by atoms with van der Waals surface area (Å²) >= 11 is 1.60. The third kappa shape index (κ3) is 3.38. The highest BCUT2D eigenvalue weighted by atomic mass is 32.1. The minimum Gasteiger partial charge on any atom is -0.338 e. The van der Waals surface area contributed by atoms with Crippen molar-refractivity contribution in [1.82, 2.24) is 24.6 Å². The standard InChI is InChI=1S/C18H18N6OS.C2H6/c1-3-15(25)23-10-18(11-23,5-6-19)24-9-13(8-20-24)16-17-14(4-7-26-17)21-12(2)22-16;1-2/h4,7-9H,3,5,10-11H2,1-2H3;1-2H3. The van der Waals surface area contributed by atoms with Crippen LogP contribution in [0.3, 0.4) is 0 Å². The molecule has 0 aromatic carbocycles. The van der Waals surface area contributed by atoms with Gasteiger partial charge in [0.2, 0.25) is 5.91 Å². The van der Waals surface area contributed by atoms with Crippen LogP contribution in [0.25, 0.3) is 21.5 Å². The third-order valence-corrected chi connectivity index (χ3v) is 5.70. The normalized spacial score (nSPS) is 14.8. The van der Waals surface area contributed by atoms with E-state index in [0.717, 1.165) is 21.5 Å². The van der Waals surface area contributed by atoms with E-state index in [2.05, 4.69) is 21.1 Å². The first kappa shape index (κ1) is 20.0. The van der Waals surface area contributed by atoms with Gasteiger partial charge in [-0.25, -0.2) is 9.97 Å². The minimum absolute atomic E-state index is 0.109. The third-order valence-electron chi connectivity index (χ3n) is 4.79. The highest BCUT2D eigenvalue weighted by molar-refractivity contribution is 7.17. The van der Waals surface area contributed by atoms with Crippen molar-refractivity contribution in [3.05, 3.63) is 29.7 Å². The summed E-state index contributed by atoms with van der Waals surface area (Å²) < 4.78 is 2.86. The molecule has 28 heavy (non-hydrogen) atoms. The van der Waals surface area contributed by atoms with Crippen molar-refractivity contribution in [3.8, 4) is 17.3 Å². The summed E-state index contributed by atoms with van der Waals surface area (Å²) in [4.78, 5) is 22.7. The van der Waals surface area contributed by atoms with Crippen molar-refractivity contribution < 1.29 is 4.79 Å². The van der Waals surface area contributed by atoms with Gasteiger partial charge in [0, 0.05) is 31.3 Å². The van der Waals surface area contributed by atoms with E-state index in [0.29, 0.717) is 31.8 Å². The molecule has 1 fully saturated rings. The van der Waals surface area contributed by atoms with E-state index >= 15 is 0 Å². The summed E-state index contributed by atoms with van der Waals surface area (Å²) in [5, 5.41) is 15.8. The van der Waals surface area contributed by atoms with E-state index in [1.807, 2.05) is 50.0 Å². The maximum atomic E-state index is 11.9. The number of hydrogen-bond acceptors (Lipinski definition) is 6. The Balaban J connectivity index is 0.00000109. The molecule has 1 aliphatic heterocycles. The Hall–Kier alpha value is -2.79. The zero-order valence-corrected chi connectivity index (χ0v) is 17.5. The molecule has 1 saturated heterocycles. The molecule has 0 unspecified atom stereocenters. The lowest BCUT2D eigenvalue weighted by molar-refractivity contribution is -0.142. The van der Waals surface area contributed by atoms with E-state index in [1.54, 1.807) is 22.4 Å². The van der Waals surface area contributed by atoms with E-state index in [1.165, 1.54) is 0 Å². The van der Waals surface area contributed by atoms with Crippen LogP contribution in [0.15, 0.2) is 23.8 Å². The molecule has 3 aromatic heterocycles. The summed E-state index contributed by atoms with van der Waals surface area (Å²) in [7, 11) is 0. The van der Waals surface area contributed by atoms with Gasteiger partial charge in [-0.05, 0) is 18.4 Å². The predicted molar refractivity (Wildman–Crippen MR) is 110 cm³/mol. The Labute approximate surface area is 168 Å². The van der Waals surface area contributed by atoms with Crippen LogP contribution in [-0.4, -0.2) is 43.6 Å².